The van der Waals surface area contributed by atoms with Gasteiger partial charge in [-0.3, -0.25) is 4.79 Å². The maximum Gasteiger partial charge on any atom is 0.321 e. The van der Waals surface area contributed by atoms with Gasteiger partial charge in [0, 0.05) is 13.1 Å². The van der Waals surface area contributed by atoms with Crippen molar-refractivity contribution in [3.63, 3.8) is 0 Å². The van der Waals surface area contributed by atoms with Gasteiger partial charge < -0.3 is 15.0 Å². The Labute approximate surface area is 122 Å². The zero-order valence-corrected chi connectivity index (χ0v) is 12.2. The Morgan fingerprint density at radius 3 is 2.70 bits per heavy atom. The average Bonchev–Trinajstić information content (AvgIpc) is 2.82. The van der Waals surface area contributed by atoms with Crippen molar-refractivity contribution in [2.45, 2.75) is 6.92 Å². The van der Waals surface area contributed by atoms with E-state index in [1.807, 2.05) is 6.92 Å². The standard InChI is InChI=1S/C14H17ClN2O3/c1-9-7-17(8-10(9)13(18)20-2)14(19)16-12-6-4-3-5-11(12)15/h3-6,9-10H,7-8H2,1-2H3,(H,16,19). The predicted octanol–water partition coefficient (Wildman–Crippen LogP) is 2.61. The third kappa shape index (κ3) is 3.04. The number of anilines is 1. The molecule has 2 atom stereocenters. The second-order valence-electron chi connectivity index (χ2n) is 4.92. The van der Waals surface area contributed by atoms with E-state index in [1.165, 1.54) is 7.11 Å². The van der Waals surface area contributed by atoms with Gasteiger partial charge in [0.25, 0.3) is 0 Å². The number of amides is 2. The summed E-state index contributed by atoms with van der Waals surface area (Å²) in [5, 5.41) is 3.24. The maximum atomic E-state index is 12.2. The molecule has 1 aromatic carbocycles. The Kier molecular flexibility index (Phi) is 4.49. The first-order valence-corrected chi connectivity index (χ1v) is 6.79. The molecule has 1 aliphatic heterocycles. The first-order valence-electron chi connectivity index (χ1n) is 6.41. The van der Waals surface area contributed by atoms with Crippen LogP contribution in [0.4, 0.5) is 10.5 Å². The second kappa shape index (κ2) is 6.13. The van der Waals surface area contributed by atoms with Crippen molar-refractivity contribution in [1.29, 1.82) is 0 Å². The van der Waals surface area contributed by atoms with Crippen LogP contribution < -0.4 is 5.32 Å². The number of ether oxygens (including phenoxy) is 1. The Bertz CT molecular complexity index is 521. The minimum Gasteiger partial charge on any atom is -0.469 e. The molecule has 0 spiro atoms. The Morgan fingerprint density at radius 1 is 1.35 bits per heavy atom. The summed E-state index contributed by atoms with van der Waals surface area (Å²) < 4.78 is 4.75. The molecule has 5 nitrogen and oxygen atoms in total. The van der Waals surface area contributed by atoms with Crippen LogP contribution >= 0.6 is 11.6 Å². The molecule has 0 bridgehead atoms. The summed E-state index contributed by atoms with van der Waals surface area (Å²) in [6.45, 7) is 2.82. The molecule has 2 amide bonds. The van der Waals surface area contributed by atoms with Crippen LogP contribution in [-0.4, -0.2) is 37.1 Å². The van der Waals surface area contributed by atoms with E-state index in [4.69, 9.17) is 16.3 Å². The van der Waals surface area contributed by atoms with E-state index in [1.54, 1.807) is 29.2 Å². The largest absolute Gasteiger partial charge is 0.469 e. The van der Waals surface area contributed by atoms with Crippen LogP contribution in [0.2, 0.25) is 5.02 Å². The fourth-order valence-electron chi connectivity index (χ4n) is 2.35. The first-order chi connectivity index (χ1) is 9.52. The number of carbonyl (C=O) groups is 2. The molecule has 20 heavy (non-hydrogen) atoms. The molecule has 2 rings (SSSR count). The highest BCUT2D eigenvalue weighted by molar-refractivity contribution is 6.33. The predicted molar refractivity (Wildman–Crippen MR) is 76.7 cm³/mol. The van der Waals surface area contributed by atoms with E-state index >= 15 is 0 Å². The topological polar surface area (TPSA) is 58.6 Å². The number of hydrogen-bond donors (Lipinski definition) is 1. The lowest BCUT2D eigenvalue weighted by Gasteiger charge is -2.17. The first kappa shape index (κ1) is 14.7. The number of hydrogen-bond acceptors (Lipinski definition) is 3. The van der Waals surface area contributed by atoms with Gasteiger partial charge in [0.2, 0.25) is 0 Å². The lowest BCUT2D eigenvalue weighted by atomic mass is 9.99. The number of esters is 1. The van der Waals surface area contributed by atoms with Gasteiger partial charge >= 0.3 is 12.0 Å². The van der Waals surface area contributed by atoms with Crippen LogP contribution in [0.3, 0.4) is 0 Å². The zero-order valence-electron chi connectivity index (χ0n) is 11.4. The molecule has 0 saturated carbocycles. The molecule has 6 heteroatoms. The summed E-state index contributed by atoms with van der Waals surface area (Å²) >= 11 is 6.00. The lowest BCUT2D eigenvalue weighted by molar-refractivity contribution is -0.145. The zero-order chi connectivity index (χ0) is 14.7. The van der Waals surface area contributed by atoms with Crippen molar-refractivity contribution in [2.75, 3.05) is 25.5 Å². The van der Waals surface area contributed by atoms with E-state index in [0.29, 0.717) is 23.8 Å². The molecule has 1 N–H and O–H groups in total. The number of methoxy groups -OCH3 is 1. The smallest absolute Gasteiger partial charge is 0.321 e. The van der Waals surface area contributed by atoms with Gasteiger partial charge in [-0.2, -0.15) is 0 Å². The molecule has 0 radical (unpaired) electrons. The van der Waals surface area contributed by atoms with Crippen LogP contribution in [-0.2, 0) is 9.53 Å². The number of nitrogens with one attached hydrogen (secondary N) is 1. The van der Waals surface area contributed by atoms with Gasteiger partial charge in [0.1, 0.15) is 0 Å². The van der Waals surface area contributed by atoms with Crippen LogP contribution in [0.15, 0.2) is 24.3 Å². The molecule has 1 aliphatic rings. The minimum atomic E-state index is -0.273. The average molecular weight is 297 g/mol. The van der Waals surface area contributed by atoms with E-state index in [0.717, 1.165) is 0 Å². The quantitative estimate of drug-likeness (QED) is 0.854. The highest BCUT2D eigenvalue weighted by Gasteiger charge is 2.37. The Morgan fingerprint density at radius 2 is 2.05 bits per heavy atom. The van der Waals surface area contributed by atoms with Crippen LogP contribution in [0.5, 0.6) is 0 Å². The summed E-state index contributed by atoms with van der Waals surface area (Å²) in [7, 11) is 1.36. The summed E-state index contributed by atoms with van der Waals surface area (Å²) in [5.74, 6) is -0.456. The van der Waals surface area contributed by atoms with Gasteiger partial charge in [-0.05, 0) is 18.1 Å². The molecular weight excluding hydrogens is 280 g/mol. The highest BCUT2D eigenvalue weighted by Crippen LogP contribution is 2.26. The molecule has 108 valence electrons. The second-order valence-corrected chi connectivity index (χ2v) is 5.33. The monoisotopic (exact) mass is 296 g/mol. The minimum absolute atomic E-state index is 0.0828. The van der Waals surface area contributed by atoms with Crippen LogP contribution in [0.1, 0.15) is 6.92 Å². The van der Waals surface area contributed by atoms with Crippen molar-refractivity contribution in [1.82, 2.24) is 4.90 Å². The van der Waals surface area contributed by atoms with Crippen molar-refractivity contribution in [3.8, 4) is 0 Å². The fourth-order valence-corrected chi connectivity index (χ4v) is 2.53. The number of benzene rings is 1. The number of nitrogens with zero attached hydrogens (tertiary/aromatic N) is 1. The number of para-hydroxylation sites is 1. The van der Waals surface area contributed by atoms with Gasteiger partial charge in [-0.15, -0.1) is 0 Å². The maximum absolute atomic E-state index is 12.2. The van der Waals surface area contributed by atoms with Crippen molar-refractivity contribution in [3.05, 3.63) is 29.3 Å². The van der Waals surface area contributed by atoms with Gasteiger partial charge in [-0.25, -0.2) is 4.79 Å². The van der Waals surface area contributed by atoms with E-state index < -0.39 is 0 Å². The van der Waals surface area contributed by atoms with E-state index in [9.17, 15) is 9.59 Å². The fraction of sp³-hybridized carbons (Fsp3) is 0.429. The van der Waals surface area contributed by atoms with E-state index in [2.05, 4.69) is 5.32 Å². The molecule has 1 fully saturated rings. The van der Waals surface area contributed by atoms with Crippen molar-refractivity contribution >= 4 is 29.3 Å². The molecule has 1 saturated heterocycles. The summed E-state index contributed by atoms with van der Waals surface area (Å²) in [4.78, 5) is 25.4. The normalized spacial score (nSPS) is 21.6. The molecule has 1 heterocycles. The number of likely N-dealkylation sites (tertiary alicyclic amines) is 1. The highest BCUT2D eigenvalue weighted by atomic mass is 35.5. The van der Waals surface area contributed by atoms with Gasteiger partial charge in [-0.1, -0.05) is 30.7 Å². The number of rotatable bonds is 2. The van der Waals surface area contributed by atoms with Crippen LogP contribution in [0, 0.1) is 11.8 Å². The van der Waals surface area contributed by atoms with Crippen molar-refractivity contribution < 1.29 is 14.3 Å². The lowest BCUT2D eigenvalue weighted by Crippen LogP contribution is -2.34. The molecule has 2 unspecified atom stereocenters. The Balaban J connectivity index is 2.01. The summed E-state index contributed by atoms with van der Waals surface area (Å²) in [6, 6.07) is 6.78. The van der Waals surface area contributed by atoms with Gasteiger partial charge in [0.15, 0.2) is 0 Å². The Hall–Kier alpha value is -1.75. The molecular formula is C14H17ClN2O3. The SMILES string of the molecule is COC(=O)C1CN(C(=O)Nc2ccccc2Cl)CC1C. The van der Waals surface area contributed by atoms with Crippen LogP contribution in [0.25, 0.3) is 0 Å². The van der Waals surface area contributed by atoms with Crippen molar-refractivity contribution in [2.24, 2.45) is 11.8 Å². The third-order valence-corrected chi connectivity index (χ3v) is 3.85. The molecule has 0 aliphatic carbocycles. The van der Waals surface area contributed by atoms with E-state index in [-0.39, 0.29) is 23.8 Å². The molecule has 1 aromatic rings. The molecule has 0 aromatic heterocycles. The number of urea groups is 1. The summed E-state index contributed by atoms with van der Waals surface area (Å²) in [6.07, 6.45) is 0. The van der Waals surface area contributed by atoms with Gasteiger partial charge in [0.05, 0.1) is 23.7 Å². The number of carbonyl (C=O) groups excluding carboxylic acids is 2. The number of halogens is 1. The third-order valence-electron chi connectivity index (χ3n) is 3.52. The summed E-state index contributed by atoms with van der Waals surface area (Å²) in [5.41, 5.74) is 0.563.